The molecule has 0 aromatic carbocycles. The summed E-state index contributed by atoms with van der Waals surface area (Å²) >= 11 is 0. The molecule has 2 saturated carbocycles. The first kappa shape index (κ1) is 14.5. The van der Waals surface area contributed by atoms with Crippen molar-refractivity contribution in [3.05, 3.63) is 30.1 Å². The van der Waals surface area contributed by atoms with Crippen molar-refractivity contribution in [2.75, 3.05) is 13.1 Å². The standard InChI is InChI=1S/C17H25N3O/c1-12(2)20(14-5-6-14)9-8-19-17(21)16-10-15(16)13-4-3-7-18-11-13/h3-4,7,11-12,14-16H,5-6,8-10H2,1-2H3,(H,19,21). The van der Waals surface area contributed by atoms with E-state index in [1.165, 1.54) is 18.4 Å². The summed E-state index contributed by atoms with van der Waals surface area (Å²) in [5.41, 5.74) is 1.19. The third kappa shape index (κ3) is 3.62. The number of aromatic nitrogens is 1. The lowest BCUT2D eigenvalue weighted by Gasteiger charge is -2.26. The van der Waals surface area contributed by atoms with Crippen molar-refractivity contribution < 1.29 is 4.79 Å². The SMILES string of the molecule is CC(C)N(CCNC(=O)C1CC1c1cccnc1)C1CC1. The fourth-order valence-corrected chi connectivity index (χ4v) is 3.16. The molecule has 4 nitrogen and oxygen atoms in total. The van der Waals surface area contributed by atoms with Gasteiger partial charge in [0.2, 0.25) is 5.91 Å². The summed E-state index contributed by atoms with van der Waals surface area (Å²) in [6.07, 6.45) is 7.26. The Morgan fingerprint density at radius 3 is 2.90 bits per heavy atom. The van der Waals surface area contributed by atoms with E-state index >= 15 is 0 Å². The second-order valence-electron chi connectivity index (χ2n) is 6.59. The van der Waals surface area contributed by atoms with E-state index < -0.39 is 0 Å². The van der Waals surface area contributed by atoms with Crippen LogP contribution < -0.4 is 5.32 Å². The van der Waals surface area contributed by atoms with Crippen LogP contribution in [0.2, 0.25) is 0 Å². The Kier molecular flexibility index (Phi) is 4.24. The van der Waals surface area contributed by atoms with Gasteiger partial charge in [-0.2, -0.15) is 0 Å². The van der Waals surface area contributed by atoms with Crippen LogP contribution in [0.15, 0.2) is 24.5 Å². The second kappa shape index (κ2) is 6.14. The molecule has 0 saturated heterocycles. The summed E-state index contributed by atoms with van der Waals surface area (Å²) in [6.45, 7) is 6.21. The van der Waals surface area contributed by atoms with Crippen LogP contribution in [-0.4, -0.2) is 41.0 Å². The first-order valence-electron chi connectivity index (χ1n) is 8.10. The molecule has 21 heavy (non-hydrogen) atoms. The number of pyridine rings is 1. The maximum Gasteiger partial charge on any atom is 0.223 e. The average Bonchev–Trinajstić information content (AvgIpc) is 3.37. The molecule has 114 valence electrons. The zero-order valence-electron chi connectivity index (χ0n) is 13.0. The first-order valence-corrected chi connectivity index (χ1v) is 8.10. The molecule has 0 spiro atoms. The van der Waals surface area contributed by atoms with Gasteiger partial charge in [0.05, 0.1) is 0 Å². The summed E-state index contributed by atoms with van der Waals surface area (Å²) in [7, 11) is 0. The van der Waals surface area contributed by atoms with E-state index in [9.17, 15) is 4.79 Å². The molecule has 2 unspecified atom stereocenters. The minimum Gasteiger partial charge on any atom is -0.355 e. The Labute approximate surface area is 126 Å². The highest BCUT2D eigenvalue weighted by Crippen LogP contribution is 2.47. The predicted octanol–water partition coefficient (Wildman–Crippen LogP) is 2.17. The number of amides is 1. The van der Waals surface area contributed by atoms with Gasteiger partial charge in [0.15, 0.2) is 0 Å². The summed E-state index contributed by atoms with van der Waals surface area (Å²) in [5.74, 6) is 0.745. The topological polar surface area (TPSA) is 45.2 Å². The van der Waals surface area contributed by atoms with E-state index in [-0.39, 0.29) is 11.8 Å². The van der Waals surface area contributed by atoms with Gasteiger partial charge in [-0.25, -0.2) is 0 Å². The number of hydrogen-bond donors (Lipinski definition) is 1. The van der Waals surface area contributed by atoms with E-state index in [4.69, 9.17) is 0 Å². The van der Waals surface area contributed by atoms with Gasteiger partial charge in [0.25, 0.3) is 0 Å². The Bertz CT molecular complexity index is 482. The molecule has 0 radical (unpaired) electrons. The Balaban J connectivity index is 1.41. The third-order valence-electron chi connectivity index (χ3n) is 4.59. The second-order valence-corrected chi connectivity index (χ2v) is 6.59. The lowest BCUT2D eigenvalue weighted by Crippen LogP contribution is -2.40. The van der Waals surface area contributed by atoms with Gasteiger partial charge in [-0.3, -0.25) is 14.7 Å². The molecule has 1 heterocycles. The van der Waals surface area contributed by atoms with E-state index in [0.29, 0.717) is 12.0 Å². The molecule has 2 aliphatic rings. The number of carbonyl (C=O) groups excluding carboxylic acids is 1. The Morgan fingerprint density at radius 2 is 2.29 bits per heavy atom. The molecular weight excluding hydrogens is 262 g/mol. The number of rotatable bonds is 7. The third-order valence-corrected chi connectivity index (χ3v) is 4.59. The van der Waals surface area contributed by atoms with Crippen LogP contribution in [0.25, 0.3) is 0 Å². The maximum absolute atomic E-state index is 12.2. The summed E-state index contributed by atoms with van der Waals surface area (Å²) in [5, 5.41) is 3.11. The van der Waals surface area contributed by atoms with Crippen molar-refractivity contribution in [3.63, 3.8) is 0 Å². The minimum absolute atomic E-state index is 0.155. The lowest BCUT2D eigenvalue weighted by molar-refractivity contribution is -0.122. The molecule has 4 heteroatoms. The van der Waals surface area contributed by atoms with Gasteiger partial charge in [-0.05, 0) is 50.7 Å². The van der Waals surface area contributed by atoms with Crippen molar-refractivity contribution in [1.82, 2.24) is 15.2 Å². The molecule has 2 atom stereocenters. The van der Waals surface area contributed by atoms with Crippen LogP contribution in [0, 0.1) is 5.92 Å². The van der Waals surface area contributed by atoms with Gasteiger partial charge in [-0.15, -0.1) is 0 Å². The molecule has 2 aliphatic carbocycles. The zero-order valence-corrected chi connectivity index (χ0v) is 13.0. The molecule has 1 amide bonds. The van der Waals surface area contributed by atoms with Crippen LogP contribution >= 0.6 is 0 Å². The largest absolute Gasteiger partial charge is 0.355 e. The molecule has 0 bridgehead atoms. The molecule has 2 fully saturated rings. The molecular formula is C17H25N3O. The Morgan fingerprint density at radius 1 is 1.48 bits per heavy atom. The van der Waals surface area contributed by atoms with Crippen LogP contribution in [0.4, 0.5) is 0 Å². The predicted molar refractivity (Wildman–Crippen MR) is 83.0 cm³/mol. The van der Waals surface area contributed by atoms with Gasteiger partial charge >= 0.3 is 0 Å². The van der Waals surface area contributed by atoms with Crippen molar-refractivity contribution in [2.45, 2.75) is 51.1 Å². The van der Waals surface area contributed by atoms with Crippen molar-refractivity contribution in [3.8, 4) is 0 Å². The number of carbonyl (C=O) groups is 1. The van der Waals surface area contributed by atoms with E-state index in [0.717, 1.165) is 25.6 Å². The van der Waals surface area contributed by atoms with E-state index in [1.807, 2.05) is 12.3 Å². The minimum atomic E-state index is 0.155. The van der Waals surface area contributed by atoms with Crippen LogP contribution in [-0.2, 0) is 4.79 Å². The lowest BCUT2D eigenvalue weighted by atomic mass is 10.1. The van der Waals surface area contributed by atoms with Crippen LogP contribution in [0.1, 0.15) is 44.6 Å². The fourth-order valence-electron chi connectivity index (χ4n) is 3.16. The summed E-state index contributed by atoms with van der Waals surface area (Å²) in [4.78, 5) is 18.8. The highest BCUT2D eigenvalue weighted by atomic mass is 16.2. The van der Waals surface area contributed by atoms with E-state index in [1.54, 1.807) is 6.20 Å². The number of hydrogen-bond acceptors (Lipinski definition) is 3. The fraction of sp³-hybridized carbons (Fsp3) is 0.647. The maximum atomic E-state index is 12.2. The van der Waals surface area contributed by atoms with Gasteiger partial charge in [0, 0.05) is 43.5 Å². The molecule has 0 aliphatic heterocycles. The van der Waals surface area contributed by atoms with Crippen molar-refractivity contribution in [2.24, 2.45) is 5.92 Å². The summed E-state index contributed by atoms with van der Waals surface area (Å²) in [6, 6.07) is 5.33. The highest BCUT2D eigenvalue weighted by Gasteiger charge is 2.43. The van der Waals surface area contributed by atoms with Crippen molar-refractivity contribution >= 4 is 5.91 Å². The van der Waals surface area contributed by atoms with Crippen LogP contribution in [0.3, 0.4) is 0 Å². The first-order chi connectivity index (χ1) is 10.2. The van der Waals surface area contributed by atoms with Gasteiger partial charge in [-0.1, -0.05) is 6.07 Å². The summed E-state index contributed by atoms with van der Waals surface area (Å²) < 4.78 is 0. The average molecular weight is 287 g/mol. The zero-order chi connectivity index (χ0) is 14.8. The number of nitrogens with one attached hydrogen (secondary N) is 1. The van der Waals surface area contributed by atoms with Crippen molar-refractivity contribution in [1.29, 1.82) is 0 Å². The number of nitrogens with zero attached hydrogens (tertiary/aromatic N) is 2. The highest BCUT2D eigenvalue weighted by molar-refractivity contribution is 5.82. The molecule has 1 aromatic rings. The smallest absolute Gasteiger partial charge is 0.223 e. The molecule has 3 rings (SSSR count). The molecule has 1 N–H and O–H groups in total. The molecule has 1 aromatic heterocycles. The van der Waals surface area contributed by atoms with Gasteiger partial charge < -0.3 is 5.32 Å². The quantitative estimate of drug-likeness (QED) is 0.836. The van der Waals surface area contributed by atoms with Gasteiger partial charge in [0.1, 0.15) is 0 Å². The normalized spacial score (nSPS) is 24.4. The monoisotopic (exact) mass is 287 g/mol. The van der Waals surface area contributed by atoms with E-state index in [2.05, 4.69) is 35.1 Å². The Hall–Kier alpha value is -1.42. The van der Waals surface area contributed by atoms with Crippen LogP contribution in [0.5, 0.6) is 0 Å².